The molecule has 8 nitrogen and oxygen atoms in total. The largest absolute Gasteiger partial charge is 0.298 e. The average Bonchev–Trinajstić information content (AvgIpc) is 2.78. The SMILES string of the molecule is O=C(NC(=S)NNC(=O)c1ccccc1[N+](=O)[O-])c1ccc(-c2ccccc2)cc1. The van der Waals surface area contributed by atoms with E-state index in [1.807, 2.05) is 42.5 Å². The van der Waals surface area contributed by atoms with Crippen molar-refractivity contribution in [1.29, 1.82) is 0 Å². The van der Waals surface area contributed by atoms with Crippen LogP contribution in [0.5, 0.6) is 0 Å². The lowest BCUT2D eigenvalue weighted by atomic mass is 10.0. The van der Waals surface area contributed by atoms with Crippen molar-refractivity contribution in [1.82, 2.24) is 16.2 Å². The van der Waals surface area contributed by atoms with Crippen LogP contribution in [0.25, 0.3) is 11.1 Å². The number of para-hydroxylation sites is 1. The zero-order valence-corrected chi connectivity index (χ0v) is 16.3. The maximum Gasteiger partial charge on any atom is 0.282 e. The molecule has 30 heavy (non-hydrogen) atoms. The Morgan fingerprint density at radius 2 is 1.37 bits per heavy atom. The Morgan fingerprint density at radius 3 is 2.03 bits per heavy atom. The lowest BCUT2D eigenvalue weighted by Crippen LogP contribution is -2.48. The number of hydrazine groups is 1. The lowest BCUT2D eigenvalue weighted by molar-refractivity contribution is -0.385. The molecule has 0 atom stereocenters. The summed E-state index contributed by atoms with van der Waals surface area (Å²) in [4.78, 5) is 34.8. The van der Waals surface area contributed by atoms with E-state index in [1.54, 1.807) is 12.1 Å². The van der Waals surface area contributed by atoms with E-state index in [-0.39, 0.29) is 16.4 Å². The summed E-state index contributed by atoms with van der Waals surface area (Å²) < 4.78 is 0. The molecule has 3 aromatic rings. The second kappa shape index (κ2) is 9.39. The van der Waals surface area contributed by atoms with Gasteiger partial charge in [0.1, 0.15) is 5.56 Å². The van der Waals surface area contributed by atoms with Crippen LogP contribution in [0.3, 0.4) is 0 Å². The highest BCUT2D eigenvalue weighted by Gasteiger charge is 2.19. The third kappa shape index (κ3) is 5.03. The Bertz CT molecular complexity index is 1100. The number of amides is 2. The highest BCUT2D eigenvalue weighted by molar-refractivity contribution is 7.80. The van der Waals surface area contributed by atoms with Crippen LogP contribution in [0.4, 0.5) is 5.69 Å². The van der Waals surface area contributed by atoms with Crippen LogP contribution in [0, 0.1) is 10.1 Å². The summed E-state index contributed by atoms with van der Waals surface area (Å²) in [5, 5.41) is 13.3. The van der Waals surface area contributed by atoms with E-state index in [0.717, 1.165) is 11.1 Å². The molecule has 0 saturated carbocycles. The third-order valence-corrected chi connectivity index (χ3v) is 4.32. The summed E-state index contributed by atoms with van der Waals surface area (Å²) in [6.07, 6.45) is 0. The quantitative estimate of drug-likeness (QED) is 0.339. The normalized spacial score (nSPS) is 10.0. The first-order chi connectivity index (χ1) is 14.5. The molecule has 0 bridgehead atoms. The average molecular weight is 420 g/mol. The fourth-order valence-electron chi connectivity index (χ4n) is 2.66. The number of rotatable bonds is 4. The van der Waals surface area contributed by atoms with Gasteiger partial charge in [-0.1, -0.05) is 54.6 Å². The molecule has 0 spiro atoms. The smallest absolute Gasteiger partial charge is 0.282 e. The highest BCUT2D eigenvalue weighted by atomic mass is 32.1. The van der Waals surface area contributed by atoms with Crippen LogP contribution in [0.2, 0.25) is 0 Å². The number of hydrogen-bond acceptors (Lipinski definition) is 5. The molecular formula is C21H16N4O4S. The van der Waals surface area contributed by atoms with Gasteiger partial charge >= 0.3 is 0 Å². The maximum absolute atomic E-state index is 12.3. The fraction of sp³-hybridized carbons (Fsp3) is 0. The van der Waals surface area contributed by atoms with Gasteiger partial charge in [0, 0.05) is 11.6 Å². The molecule has 0 radical (unpaired) electrons. The highest BCUT2D eigenvalue weighted by Crippen LogP contribution is 2.19. The molecule has 0 fully saturated rings. The van der Waals surface area contributed by atoms with Crippen molar-refractivity contribution in [2.45, 2.75) is 0 Å². The Balaban J connectivity index is 1.57. The maximum atomic E-state index is 12.3. The fourth-order valence-corrected chi connectivity index (χ4v) is 2.80. The number of nitro benzene ring substituents is 1. The summed E-state index contributed by atoms with van der Waals surface area (Å²) in [6, 6.07) is 22.1. The summed E-state index contributed by atoms with van der Waals surface area (Å²) in [6.45, 7) is 0. The molecule has 3 rings (SSSR count). The van der Waals surface area contributed by atoms with Crippen LogP contribution in [-0.4, -0.2) is 21.9 Å². The van der Waals surface area contributed by atoms with Gasteiger partial charge in [-0.15, -0.1) is 0 Å². The van der Waals surface area contributed by atoms with Crippen molar-refractivity contribution in [2.24, 2.45) is 0 Å². The van der Waals surface area contributed by atoms with E-state index in [4.69, 9.17) is 12.2 Å². The minimum Gasteiger partial charge on any atom is -0.298 e. The van der Waals surface area contributed by atoms with Gasteiger partial charge in [-0.05, 0) is 41.5 Å². The summed E-state index contributed by atoms with van der Waals surface area (Å²) >= 11 is 4.99. The van der Waals surface area contributed by atoms with Crippen molar-refractivity contribution in [3.63, 3.8) is 0 Å². The van der Waals surface area contributed by atoms with Gasteiger partial charge in [0.05, 0.1) is 4.92 Å². The molecule has 0 heterocycles. The minimum atomic E-state index is -0.758. The molecule has 150 valence electrons. The first kappa shape index (κ1) is 20.6. The first-order valence-corrected chi connectivity index (χ1v) is 9.17. The molecule has 0 aromatic heterocycles. The molecule has 0 aliphatic carbocycles. The molecule has 3 N–H and O–H groups in total. The van der Waals surface area contributed by atoms with Crippen molar-refractivity contribution >= 4 is 34.8 Å². The number of nitro groups is 1. The molecule has 0 saturated heterocycles. The molecule has 3 aromatic carbocycles. The first-order valence-electron chi connectivity index (χ1n) is 8.76. The number of thiocarbonyl (C=S) groups is 1. The zero-order valence-electron chi connectivity index (χ0n) is 15.5. The van der Waals surface area contributed by atoms with Crippen LogP contribution in [-0.2, 0) is 0 Å². The van der Waals surface area contributed by atoms with E-state index >= 15 is 0 Å². The number of nitrogens with one attached hydrogen (secondary N) is 3. The number of nitrogens with zero attached hydrogens (tertiary/aromatic N) is 1. The monoisotopic (exact) mass is 420 g/mol. The Hall–Kier alpha value is -4.11. The third-order valence-electron chi connectivity index (χ3n) is 4.12. The van der Waals surface area contributed by atoms with Gasteiger partial charge in [-0.25, -0.2) is 0 Å². The van der Waals surface area contributed by atoms with E-state index in [2.05, 4.69) is 16.2 Å². The minimum absolute atomic E-state index is 0.138. The van der Waals surface area contributed by atoms with E-state index in [9.17, 15) is 19.7 Å². The number of carbonyl (C=O) groups excluding carboxylic acids is 2. The zero-order chi connectivity index (χ0) is 21.5. The topological polar surface area (TPSA) is 113 Å². The standard InChI is InChI=1S/C21H16N4O4S/c26-19(16-12-10-15(11-13-16)14-6-2-1-3-7-14)22-21(30)24-23-20(27)17-8-4-5-9-18(17)25(28)29/h1-13H,(H,23,27)(H2,22,24,26,30). The summed E-state index contributed by atoms with van der Waals surface area (Å²) in [5.41, 5.74) is 6.48. The van der Waals surface area contributed by atoms with Gasteiger partial charge in [0.2, 0.25) is 0 Å². The number of benzene rings is 3. The number of hydrogen-bond donors (Lipinski definition) is 3. The molecule has 9 heteroatoms. The Labute approximate surface area is 177 Å². The van der Waals surface area contributed by atoms with Crippen LogP contribution < -0.4 is 16.2 Å². The van der Waals surface area contributed by atoms with Crippen molar-refractivity contribution < 1.29 is 14.5 Å². The molecule has 2 amide bonds. The molecular weight excluding hydrogens is 404 g/mol. The Morgan fingerprint density at radius 1 is 0.767 bits per heavy atom. The van der Waals surface area contributed by atoms with Gasteiger partial charge in [-0.2, -0.15) is 0 Å². The number of carbonyl (C=O) groups is 2. The van der Waals surface area contributed by atoms with Crippen molar-refractivity contribution in [3.8, 4) is 11.1 Å². The predicted octanol–water partition coefficient (Wildman–Crippen LogP) is 3.21. The van der Waals surface area contributed by atoms with E-state index in [1.165, 1.54) is 24.3 Å². The summed E-state index contributed by atoms with van der Waals surface area (Å²) in [7, 11) is 0. The van der Waals surface area contributed by atoms with Crippen molar-refractivity contribution in [3.05, 3.63) is 100 Å². The molecule has 0 aliphatic heterocycles. The van der Waals surface area contributed by atoms with Gasteiger partial charge in [-0.3, -0.25) is 35.9 Å². The van der Waals surface area contributed by atoms with Gasteiger partial charge in [0.25, 0.3) is 17.5 Å². The van der Waals surface area contributed by atoms with E-state index in [0.29, 0.717) is 5.56 Å². The lowest BCUT2D eigenvalue weighted by Gasteiger charge is -2.11. The Kier molecular flexibility index (Phi) is 6.46. The second-order valence-corrected chi connectivity index (χ2v) is 6.49. The molecule has 0 unspecified atom stereocenters. The van der Waals surface area contributed by atoms with Crippen LogP contribution in [0.1, 0.15) is 20.7 Å². The van der Waals surface area contributed by atoms with Crippen molar-refractivity contribution in [2.75, 3.05) is 0 Å². The predicted molar refractivity (Wildman–Crippen MR) is 116 cm³/mol. The summed E-state index contributed by atoms with van der Waals surface area (Å²) in [5.74, 6) is -1.22. The molecule has 0 aliphatic rings. The van der Waals surface area contributed by atoms with E-state index < -0.39 is 16.7 Å². The van der Waals surface area contributed by atoms with Gasteiger partial charge in [0.15, 0.2) is 5.11 Å². The van der Waals surface area contributed by atoms with Gasteiger partial charge < -0.3 is 0 Å². The van der Waals surface area contributed by atoms with Crippen LogP contribution in [0.15, 0.2) is 78.9 Å². The van der Waals surface area contributed by atoms with Crippen LogP contribution >= 0.6 is 12.2 Å². The second-order valence-electron chi connectivity index (χ2n) is 6.08.